The summed E-state index contributed by atoms with van der Waals surface area (Å²) in [5.41, 5.74) is 3.94. The summed E-state index contributed by atoms with van der Waals surface area (Å²) in [5, 5.41) is 7.23. The maximum absolute atomic E-state index is 12.7. The van der Waals surface area contributed by atoms with Gasteiger partial charge in [-0.1, -0.05) is 35.9 Å². The van der Waals surface area contributed by atoms with Crippen molar-refractivity contribution in [3.63, 3.8) is 0 Å². The number of hydrogen-bond acceptors (Lipinski definition) is 2. The molecule has 0 aliphatic rings. The van der Waals surface area contributed by atoms with Crippen LogP contribution in [0.4, 0.5) is 11.4 Å². The topological polar surface area (TPSA) is 74.0 Å². The number of rotatable bonds is 4. The predicted octanol–water partition coefficient (Wildman–Crippen LogP) is 5.63. The van der Waals surface area contributed by atoms with E-state index in [0.717, 1.165) is 16.5 Å². The number of fused-ring (bicyclic) bond motifs is 1. The Morgan fingerprint density at radius 3 is 2.45 bits per heavy atom. The van der Waals surface area contributed by atoms with Crippen molar-refractivity contribution in [2.75, 3.05) is 10.6 Å². The van der Waals surface area contributed by atoms with E-state index in [2.05, 4.69) is 15.6 Å². The van der Waals surface area contributed by atoms with Crippen LogP contribution in [0.25, 0.3) is 10.9 Å². The van der Waals surface area contributed by atoms with E-state index in [1.54, 1.807) is 42.5 Å². The maximum Gasteiger partial charge on any atom is 0.272 e. The van der Waals surface area contributed by atoms with Gasteiger partial charge in [0.2, 0.25) is 0 Å². The van der Waals surface area contributed by atoms with Crippen LogP contribution in [-0.4, -0.2) is 16.8 Å². The highest BCUT2D eigenvalue weighted by Crippen LogP contribution is 2.24. The fourth-order valence-electron chi connectivity index (χ4n) is 3.04. The van der Waals surface area contributed by atoms with Gasteiger partial charge in [-0.15, -0.1) is 0 Å². The van der Waals surface area contributed by atoms with Crippen LogP contribution in [0.1, 0.15) is 26.4 Å². The number of carbonyl (C=O) groups excluding carboxylic acids is 2. The molecule has 0 bridgehead atoms. The standard InChI is InChI=1S/C23H18ClN3O2/c1-14-7-9-18(25-22(28)15-5-3-2-4-6-15)13-20(14)27-23(29)21-12-16-11-17(24)8-10-19(16)26-21/h2-13,26H,1H3,(H,25,28)(H,27,29). The minimum Gasteiger partial charge on any atom is -0.351 e. The zero-order valence-corrected chi connectivity index (χ0v) is 16.4. The van der Waals surface area contributed by atoms with Gasteiger partial charge in [-0.3, -0.25) is 9.59 Å². The van der Waals surface area contributed by atoms with Crippen LogP contribution in [0, 0.1) is 6.92 Å². The molecule has 0 fully saturated rings. The Hall–Kier alpha value is -3.57. The van der Waals surface area contributed by atoms with Crippen molar-refractivity contribution in [3.05, 3.63) is 94.6 Å². The second-order valence-electron chi connectivity index (χ2n) is 6.72. The second-order valence-corrected chi connectivity index (χ2v) is 7.15. The van der Waals surface area contributed by atoms with E-state index in [-0.39, 0.29) is 11.8 Å². The Balaban J connectivity index is 1.54. The van der Waals surface area contributed by atoms with Gasteiger partial charge in [0.05, 0.1) is 0 Å². The molecule has 0 unspecified atom stereocenters. The number of hydrogen-bond donors (Lipinski definition) is 3. The molecule has 29 heavy (non-hydrogen) atoms. The number of anilines is 2. The van der Waals surface area contributed by atoms with E-state index in [9.17, 15) is 9.59 Å². The monoisotopic (exact) mass is 403 g/mol. The molecule has 144 valence electrons. The van der Waals surface area contributed by atoms with Gasteiger partial charge >= 0.3 is 0 Å². The molecule has 4 rings (SSSR count). The molecule has 5 nitrogen and oxygen atoms in total. The molecule has 0 radical (unpaired) electrons. The molecule has 2 amide bonds. The number of aryl methyl sites for hydroxylation is 1. The summed E-state index contributed by atoms with van der Waals surface area (Å²) in [4.78, 5) is 28.2. The molecule has 0 aliphatic carbocycles. The minimum atomic E-state index is -0.271. The average Bonchev–Trinajstić information content (AvgIpc) is 3.14. The van der Waals surface area contributed by atoms with Crippen LogP contribution in [0.3, 0.4) is 0 Å². The van der Waals surface area contributed by atoms with Crippen molar-refractivity contribution in [2.24, 2.45) is 0 Å². The largest absolute Gasteiger partial charge is 0.351 e. The number of amides is 2. The molecule has 3 N–H and O–H groups in total. The summed E-state index contributed by atoms with van der Waals surface area (Å²) >= 11 is 6.01. The summed E-state index contributed by atoms with van der Waals surface area (Å²) < 4.78 is 0. The number of benzene rings is 3. The first-order chi connectivity index (χ1) is 14.0. The third-order valence-electron chi connectivity index (χ3n) is 4.61. The molecule has 1 aromatic heterocycles. The zero-order chi connectivity index (χ0) is 20.4. The summed E-state index contributed by atoms with van der Waals surface area (Å²) in [7, 11) is 0. The Kier molecular flexibility index (Phi) is 5.06. The fourth-order valence-corrected chi connectivity index (χ4v) is 3.22. The third kappa shape index (κ3) is 4.15. The average molecular weight is 404 g/mol. The minimum absolute atomic E-state index is 0.209. The highest BCUT2D eigenvalue weighted by atomic mass is 35.5. The quantitative estimate of drug-likeness (QED) is 0.413. The van der Waals surface area contributed by atoms with Crippen molar-refractivity contribution < 1.29 is 9.59 Å². The van der Waals surface area contributed by atoms with Crippen LogP contribution >= 0.6 is 11.6 Å². The molecule has 0 atom stereocenters. The van der Waals surface area contributed by atoms with Gasteiger partial charge in [-0.2, -0.15) is 0 Å². The SMILES string of the molecule is Cc1ccc(NC(=O)c2ccccc2)cc1NC(=O)c1cc2cc(Cl)ccc2[nH]1. The molecular weight excluding hydrogens is 386 g/mol. The third-order valence-corrected chi connectivity index (χ3v) is 4.84. The molecule has 4 aromatic rings. The molecule has 6 heteroatoms. The molecule has 3 aromatic carbocycles. The van der Waals surface area contributed by atoms with Crippen LogP contribution in [0.15, 0.2) is 72.8 Å². The summed E-state index contributed by atoms with van der Waals surface area (Å²) in [6.07, 6.45) is 0. The van der Waals surface area contributed by atoms with E-state index in [1.165, 1.54) is 0 Å². The Morgan fingerprint density at radius 2 is 1.66 bits per heavy atom. The van der Waals surface area contributed by atoms with Gasteiger partial charge < -0.3 is 15.6 Å². The van der Waals surface area contributed by atoms with Gasteiger partial charge in [-0.25, -0.2) is 0 Å². The predicted molar refractivity (Wildman–Crippen MR) is 117 cm³/mol. The van der Waals surface area contributed by atoms with Gasteiger partial charge in [0.25, 0.3) is 11.8 Å². The smallest absolute Gasteiger partial charge is 0.272 e. The van der Waals surface area contributed by atoms with E-state index < -0.39 is 0 Å². The van der Waals surface area contributed by atoms with Crippen LogP contribution in [-0.2, 0) is 0 Å². The van der Waals surface area contributed by atoms with Gasteiger partial charge in [-0.05, 0) is 61.0 Å². The first-order valence-corrected chi connectivity index (χ1v) is 9.44. The summed E-state index contributed by atoms with van der Waals surface area (Å²) in [6.45, 7) is 1.89. The van der Waals surface area contributed by atoms with Crippen molar-refractivity contribution in [3.8, 4) is 0 Å². The second kappa shape index (κ2) is 7.81. The molecule has 0 saturated heterocycles. The molecular formula is C23H18ClN3O2. The molecule has 0 spiro atoms. The Labute approximate surface area is 172 Å². The van der Waals surface area contributed by atoms with Crippen LogP contribution in [0.2, 0.25) is 5.02 Å². The van der Waals surface area contributed by atoms with Crippen molar-refractivity contribution in [1.29, 1.82) is 0 Å². The number of carbonyl (C=O) groups is 2. The first kappa shape index (κ1) is 18.8. The van der Waals surface area contributed by atoms with E-state index in [1.807, 2.05) is 37.3 Å². The van der Waals surface area contributed by atoms with Crippen molar-refractivity contribution in [2.45, 2.75) is 6.92 Å². The Morgan fingerprint density at radius 1 is 0.862 bits per heavy atom. The zero-order valence-electron chi connectivity index (χ0n) is 15.6. The molecule has 0 aliphatic heterocycles. The van der Waals surface area contributed by atoms with Gasteiger partial charge in [0.1, 0.15) is 5.69 Å². The molecule has 0 saturated carbocycles. The lowest BCUT2D eigenvalue weighted by Crippen LogP contribution is -2.15. The van der Waals surface area contributed by atoms with Crippen molar-refractivity contribution >= 4 is 45.7 Å². The highest BCUT2D eigenvalue weighted by molar-refractivity contribution is 6.31. The number of aromatic nitrogens is 1. The number of nitrogens with one attached hydrogen (secondary N) is 3. The first-order valence-electron chi connectivity index (χ1n) is 9.06. The lowest BCUT2D eigenvalue weighted by atomic mass is 10.1. The van der Waals surface area contributed by atoms with E-state index in [0.29, 0.717) is 27.7 Å². The highest BCUT2D eigenvalue weighted by Gasteiger charge is 2.13. The number of H-pyrrole nitrogens is 1. The summed E-state index contributed by atoms with van der Waals surface area (Å²) in [6, 6.07) is 21.5. The number of halogens is 1. The fraction of sp³-hybridized carbons (Fsp3) is 0.0435. The van der Waals surface area contributed by atoms with E-state index in [4.69, 9.17) is 11.6 Å². The van der Waals surface area contributed by atoms with Gasteiger partial charge in [0, 0.05) is 32.9 Å². The Bertz CT molecular complexity index is 1220. The van der Waals surface area contributed by atoms with Gasteiger partial charge in [0.15, 0.2) is 0 Å². The molecule has 1 heterocycles. The normalized spacial score (nSPS) is 10.7. The lowest BCUT2D eigenvalue weighted by Gasteiger charge is -2.11. The van der Waals surface area contributed by atoms with Crippen LogP contribution in [0.5, 0.6) is 0 Å². The van der Waals surface area contributed by atoms with Crippen LogP contribution < -0.4 is 10.6 Å². The summed E-state index contributed by atoms with van der Waals surface area (Å²) in [5.74, 6) is -0.480. The lowest BCUT2D eigenvalue weighted by molar-refractivity contribution is 0.101. The van der Waals surface area contributed by atoms with E-state index >= 15 is 0 Å². The maximum atomic E-state index is 12.7. The van der Waals surface area contributed by atoms with Crippen molar-refractivity contribution in [1.82, 2.24) is 4.98 Å². The number of aromatic amines is 1.